The average Bonchev–Trinajstić information content (AvgIpc) is 3.11. The summed E-state index contributed by atoms with van der Waals surface area (Å²) in [5.74, 6) is 1.89. The Balaban J connectivity index is 1.69. The topological polar surface area (TPSA) is 75.1 Å². The third-order valence-electron chi connectivity index (χ3n) is 4.37. The molecule has 152 valence electrons. The fourth-order valence-electron chi connectivity index (χ4n) is 2.82. The molecule has 1 aliphatic rings. The van der Waals surface area contributed by atoms with Crippen LogP contribution in [0, 0.1) is 0 Å². The molecule has 0 saturated carbocycles. The lowest BCUT2D eigenvalue weighted by Gasteiger charge is -2.24. The number of aliphatic imine (C=N–C) groups is 1. The molecule has 1 aromatic heterocycles. The molecule has 6 nitrogen and oxygen atoms in total. The van der Waals surface area contributed by atoms with Crippen LogP contribution in [-0.2, 0) is 12.1 Å². The second kappa shape index (κ2) is 9.49. The summed E-state index contributed by atoms with van der Waals surface area (Å²) < 4.78 is 11.4. The maximum absolute atomic E-state index is 10.7. The first-order chi connectivity index (χ1) is 13.5. The van der Waals surface area contributed by atoms with Crippen LogP contribution in [0.5, 0.6) is 11.5 Å². The van der Waals surface area contributed by atoms with Crippen LogP contribution in [0.2, 0.25) is 5.02 Å². The quantitative estimate of drug-likeness (QED) is 0.489. The predicted molar refractivity (Wildman–Crippen MR) is 114 cm³/mol. The number of ether oxygens (including phenoxy) is 2. The molecular formula is C20H26ClN3O3S. The second-order valence-electron chi connectivity index (χ2n) is 6.79. The molecule has 0 radical (unpaired) electrons. The minimum absolute atomic E-state index is 0.345. The van der Waals surface area contributed by atoms with E-state index in [-0.39, 0.29) is 0 Å². The standard InChI is InChI=1S/C20H26ClN3O3S/c1-3-22-19(24-13-20(2,25)15-5-8-28-12-15)23-11-14-9-16(21)18-17(10-14)26-6-4-7-27-18/h5,8-10,12,25H,3-4,6-7,11,13H2,1-2H3,(H2,22,23,24). The van der Waals surface area contributed by atoms with E-state index < -0.39 is 5.60 Å². The molecule has 8 heteroatoms. The maximum atomic E-state index is 10.7. The highest BCUT2D eigenvalue weighted by atomic mass is 35.5. The number of aliphatic hydroxyl groups is 1. The summed E-state index contributed by atoms with van der Waals surface area (Å²) >= 11 is 7.92. The van der Waals surface area contributed by atoms with Gasteiger partial charge in [0.05, 0.1) is 31.3 Å². The molecule has 2 aromatic rings. The Hall–Kier alpha value is -1.96. The Labute approximate surface area is 174 Å². The van der Waals surface area contributed by atoms with Crippen molar-refractivity contribution in [1.29, 1.82) is 0 Å². The lowest BCUT2D eigenvalue weighted by molar-refractivity contribution is 0.0621. The van der Waals surface area contributed by atoms with Gasteiger partial charge in [0.2, 0.25) is 0 Å². The van der Waals surface area contributed by atoms with Crippen LogP contribution in [0.15, 0.2) is 34.0 Å². The summed E-state index contributed by atoms with van der Waals surface area (Å²) in [5.41, 5.74) is 0.834. The van der Waals surface area contributed by atoms with Crippen molar-refractivity contribution in [3.8, 4) is 11.5 Å². The highest BCUT2D eigenvalue weighted by molar-refractivity contribution is 7.08. The molecule has 2 heterocycles. The van der Waals surface area contributed by atoms with Crippen LogP contribution < -0.4 is 20.1 Å². The minimum Gasteiger partial charge on any atom is -0.489 e. The van der Waals surface area contributed by atoms with E-state index in [0.717, 1.165) is 17.5 Å². The van der Waals surface area contributed by atoms with Crippen molar-refractivity contribution in [3.05, 3.63) is 45.1 Å². The molecule has 1 aromatic carbocycles. The summed E-state index contributed by atoms with van der Waals surface area (Å²) in [6.07, 6.45) is 0.830. The Kier molecular flexibility index (Phi) is 7.04. The Morgan fingerprint density at radius 3 is 2.89 bits per heavy atom. The molecule has 0 bridgehead atoms. The molecule has 1 atom stereocenters. The largest absolute Gasteiger partial charge is 0.489 e. The maximum Gasteiger partial charge on any atom is 0.191 e. The number of nitrogens with one attached hydrogen (secondary N) is 2. The van der Waals surface area contributed by atoms with Crippen molar-refractivity contribution in [2.24, 2.45) is 4.99 Å². The van der Waals surface area contributed by atoms with Gasteiger partial charge in [-0.2, -0.15) is 11.3 Å². The third kappa shape index (κ3) is 5.31. The van der Waals surface area contributed by atoms with E-state index in [2.05, 4.69) is 15.6 Å². The fourth-order valence-corrected chi connectivity index (χ4v) is 3.89. The van der Waals surface area contributed by atoms with Gasteiger partial charge in [-0.25, -0.2) is 4.99 Å². The summed E-state index contributed by atoms with van der Waals surface area (Å²) in [4.78, 5) is 4.61. The third-order valence-corrected chi connectivity index (χ3v) is 5.33. The van der Waals surface area contributed by atoms with Crippen molar-refractivity contribution >= 4 is 28.9 Å². The van der Waals surface area contributed by atoms with Crippen LogP contribution in [0.1, 0.15) is 31.4 Å². The Morgan fingerprint density at radius 2 is 2.14 bits per heavy atom. The number of benzene rings is 1. The molecule has 0 fully saturated rings. The van der Waals surface area contributed by atoms with Crippen LogP contribution in [0.4, 0.5) is 0 Å². The summed E-state index contributed by atoms with van der Waals surface area (Å²) in [6, 6.07) is 5.70. The fraction of sp³-hybridized carbons (Fsp3) is 0.450. The van der Waals surface area contributed by atoms with Crippen LogP contribution >= 0.6 is 22.9 Å². The lowest BCUT2D eigenvalue weighted by atomic mass is 9.99. The average molecular weight is 424 g/mol. The van der Waals surface area contributed by atoms with E-state index in [9.17, 15) is 5.11 Å². The van der Waals surface area contributed by atoms with Crippen molar-refractivity contribution in [3.63, 3.8) is 0 Å². The van der Waals surface area contributed by atoms with Gasteiger partial charge < -0.3 is 25.2 Å². The molecule has 1 aliphatic heterocycles. The van der Waals surface area contributed by atoms with E-state index in [4.69, 9.17) is 21.1 Å². The van der Waals surface area contributed by atoms with E-state index in [1.165, 1.54) is 0 Å². The Bertz CT molecular complexity index is 809. The molecule has 1 unspecified atom stereocenters. The van der Waals surface area contributed by atoms with Gasteiger partial charge in [0.15, 0.2) is 17.5 Å². The van der Waals surface area contributed by atoms with E-state index in [1.807, 2.05) is 35.9 Å². The molecule has 0 aliphatic carbocycles. The van der Waals surface area contributed by atoms with Crippen molar-refractivity contribution in [2.75, 3.05) is 26.3 Å². The molecule has 3 N–H and O–H groups in total. The smallest absolute Gasteiger partial charge is 0.191 e. The number of guanidine groups is 1. The van der Waals surface area contributed by atoms with Crippen LogP contribution in [0.3, 0.4) is 0 Å². The highest BCUT2D eigenvalue weighted by Crippen LogP contribution is 2.38. The van der Waals surface area contributed by atoms with Crippen LogP contribution in [-0.4, -0.2) is 37.4 Å². The summed E-state index contributed by atoms with van der Waals surface area (Å²) in [7, 11) is 0. The van der Waals surface area contributed by atoms with Crippen molar-refractivity contribution in [1.82, 2.24) is 10.6 Å². The SMILES string of the molecule is CCNC(=NCc1cc(Cl)c2c(c1)OCCCO2)NCC(C)(O)c1ccsc1. The lowest BCUT2D eigenvalue weighted by Crippen LogP contribution is -2.44. The van der Waals surface area contributed by atoms with E-state index in [0.29, 0.717) is 55.3 Å². The minimum atomic E-state index is -0.977. The summed E-state index contributed by atoms with van der Waals surface area (Å²) in [6.45, 7) is 6.48. The number of rotatable bonds is 6. The van der Waals surface area contributed by atoms with Gasteiger partial charge in [-0.3, -0.25) is 0 Å². The van der Waals surface area contributed by atoms with Gasteiger partial charge in [0.25, 0.3) is 0 Å². The first-order valence-corrected chi connectivity index (χ1v) is 10.7. The van der Waals surface area contributed by atoms with Crippen molar-refractivity contribution < 1.29 is 14.6 Å². The number of nitrogens with zero attached hydrogens (tertiary/aromatic N) is 1. The zero-order chi connectivity index (χ0) is 20.0. The molecule has 28 heavy (non-hydrogen) atoms. The number of thiophene rings is 1. The molecule has 0 spiro atoms. The van der Waals surface area contributed by atoms with E-state index in [1.54, 1.807) is 18.3 Å². The highest BCUT2D eigenvalue weighted by Gasteiger charge is 2.23. The predicted octanol–water partition coefficient (Wildman–Crippen LogP) is 3.53. The van der Waals surface area contributed by atoms with E-state index >= 15 is 0 Å². The number of hydrogen-bond donors (Lipinski definition) is 3. The van der Waals surface area contributed by atoms with Gasteiger partial charge in [-0.15, -0.1) is 0 Å². The number of hydrogen-bond acceptors (Lipinski definition) is 5. The zero-order valence-corrected chi connectivity index (χ0v) is 17.7. The van der Waals surface area contributed by atoms with Crippen LogP contribution in [0.25, 0.3) is 0 Å². The first-order valence-electron chi connectivity index (χ1n) is 9.35. The molecule has 0 amide bonds. The molecule has 0 saturated heterocycles. The summed E-state index contributed by atoms with van der Waals surface area (Å²) in [5, 5.41) is 21.5. The molecule has 3 rings (SSSR count). The Morgan fingerprint density at radius 1 is 1.32 bits per heavy atom. The van der Waals surface area contributed by atoms with Gasteiger partial charge in [-0.05, 0) is 53.9 Å². The zero-order valence-electron chi connectivity index (χ0n) is 16.1. The van der Waals surface area contributed by atoms with Gasteiger partial charge in [0, 0.05) is 13.0 Å². The van der Waals surface area contributed by atoms with Gasteiger partial charge in [-0.1, -0.05) is 11.6 Å². The van der Waals surface area contributed by atoms with Crippen molar-refractivity contribution in [2.45, 2.75) is 32.4 Å². The normalized spacial score (nSPS) is 16.2. The van der Waals surface area contributed by atoms with Gasteiger partial charge >= 0.3 is 0 Å². The first kappa shape index (κ1) is 20.8. The number of halogens is 1. The monoisotopic (exact) mass is 423 g/mol. The van der Waals surface area contributed by atoms with Gasteiger partial charge in [0.1, 0.15) is 5.60 Å². The second-order valence-corrected chi connectivity index (χ2v) is 7.98. The molecular weight excluding hydrogens is 398 g/mol. The number of fused-ring (bicyclic) bond motifs is 1.